The molecule has 1 fully saturated rings. The maximum Gasteiger partial charge on any atom is 0.224 e. The molecule has 4 heteroatoms. The molecule has 0 aliphatic carbocycles. The number of amides is 1. The Bertz CT molecular complexity index is 739. The second-order valence-electron chi connectivity index (χ2n) is 7.22. The van der Waals surface area contributed by atoms with Crippen molar-refractivity contribution in [2.24, 2.45) is 0 Å². The molecule has 0 bridgehead atoms. The molecule has 1 heterocycles. The van der Waals surface area contributed by atoms with Gasteiger partial charge in [0.1, 0.15) is 5.75 Å². The van der Waals surface area contributed by atoms with Crippen LogP contribution in [0.4, 0.5) is 5.69 Å². The Morgan fingerprint density at radius 3 is 2.74 bits per heavy atom. The number of hydrogen-bond donors (Lipinski definition) is 2. The SMILES string of the molecule is COc1ccccc1CCCCC(=O)Nc1cccc(C2CCNCC2)c1. The van der Waals surface area contributed by atoms with Crippen LogP contribution in [0.15, 0.2) is 48.5 Å². The van der Waals surface area contributed by atoms with Crippen LogP contribution in [0.3, 0.4) is 0 Å². The van der Waals surface area contributed by atoms with Gasteiger partial charge < -0.3 is 15.4 Å². The van der Waals surface area contributed by atoms with E-state index in [2.05, 4.69) is 34.9 Å². The molecule has 144 valence electrons. The Labute approximate surface area is 162 Å². The monoisotopic (exact) mass is 366 g/mol. The van der Waals surface area contributed by atoms with Gasteiger partial charge in [-0.3, -0.25) is 4.79 Å². The average Bonchev–Trinajstić information content (AvgIpc) is 2.72. The zero-order valence-electron chi connectivity index (χ0n) is 16.2. The summed E-state index contributed by atoms with van der Waals surface area (Å²) in [5.74, 6) is 1.62. The molecule has 1 saturated heterocycles. The summed E-state index contributed by atoms with van der Waals surface area (Å²) in [5, 5.41) is 6.46. The van der Waals surface area contributed by atoms with Gasteiger partial charge in [0.15, 0.2) is 0 Å². The van der Waals surface area contributed by atoms with Gasteiger partial charge in [0, 0.05) is 12.1 Å². The largest absolute Gasteiger partial charge is 0.496 e. The van der Waals surface area contributed by atoms with Crippen molar-refractivity contribution >= 4 is 11.6 Å². The van der Waals surface area contributed by atoms with Crippen LogP contribution in [0.2, 0.25) is 0 Å². The molecule has 3 rings (SSSR count). The lowest BCUT2D eigenvalue weighted by Gasteiger charge is -2.23. The first-order valence-corrected chi connectivity index (χ1v) is 9.98. The number of ether oxygens (including phenoxy) is 1. The Kier molecular flexibility index (Phi) is 7.28. The number of nitrogens with one attached hydrogen (secondary N) is 2. The lowest BCUT2D eigenvalue weighted by atomic mass is 9.90. The first-order valence-electron chi connectivity index (χ1n) is 9.98. The van der Waals surface area contributed by atoms with Crippen molar-refractivity contribution in [2.45, 2.75) is 44.4 Å². The summed E-state index contributed by atoms with van der Waals surface area (Å²) < 4.78 is 5.38. The lowest BCUT2D eigenvalue weighted by molar-refractivity contribution is -0.116. The van der Waals surface area contributed by atoms with Crippen molar-refractivity contribution in [3.05, 3.63) is 59.7 Å². The predicted octanol–water partition coefficient (Wildman–Crippen LogP) is 4.51. The van der Waals surface area contributed by atoms with E-state index in [-0.39, 0.29) is 5.91 Å². The Morgan fingerprint density at radius 2 is 1.93 bits per heavy atom. The van der Waals surface area contributed by atoms with Gasteiger partial charge in [-0.25, -0.2) is 0 Å². The summed E-state index contributed by atoms with van der Waals surface area (Å²) in [6.07, 6.45) is 5.66. The van der Waals surface area contributed by atoms with E-state index >= 15 is 0 Å². The molecule has 2 N–H and O–H groups in total. The molecule has 1 amide bonds. The van der Waals surface area contributed by atoms with E-state index in [0.29, 0.717) is 12.3 Å². The van der Waals surface area contributed by atoms with Crippen LogP contribution in [0, 0.1) is 0 Å². The lowest BCUT2D eigenvalue weighted by Crippen LogP contribution is -2.26. The number of para-hydroxylation sites is 1. The van der Waals surface area contributed by atoms with Crippen LogP contribution in [0.5, 0.6) is 5.75 Å². The smallest absolute Gasteiger partial charge is 0.224 e. The third kappa shape index (κ3) is 5.83. The molecule has 2 aromatic carbocycles. The standard InChI is InChI=1S/C23H30N2O2/c1-27-22-11-4-2-7-19(22)8-3-5-12-23(26)25-21-10-6-9-20(17-21)18-13-15-24-16-14-18/h2,4,6-7,9-11,17-18,24H,3,5,8,12-16H2,1H3,(H,25,26). The number of rotatable bonds is 8. The number of piperidine rings is 1. The second-order valence-corrected chi connectivity index (χ2v) is 7.22. The van der Waals surface area contributed by atoms with E-state index in [1.165, 1.54) is 24.0 Å². The van der Waals surface area contributed by atoms with Gasteiger partial charge in [0.25, 0.3) is 0 Å². The molecule has 1 aliphatic rings. The molecule has 27 heavy (non-hydrogen) atoms. The van der Waals surface area contributed by atoms with E-state index in [1.807, 2.05) is 24.3 Å². The van der Waals surface area contributed by atoms with Gasteiger partial charge in [0.2, 0.25) is 5.91 Å². The van der Waals surface area contributed by atoms with Gasteiger partial charge in [-0.05, 0) is 80.4 Å². The van der Waals surface area contributed by atoms with Crippen molar-refractivity contribution in [1.29, 1.82) is 0 Å². The van der Waals surface area contributed by atoms with Gasteiger partial charge in [-0.1, -0.05) is 30.3 Å². The zero-order chi connectivity index (χ0) is 18.9. The minimum absolute atomic E-state index is 0.0949. The van der Waals surface area contributed by atoms with Crippen LogP contribution in [-0.2, 0) is 11.2 Å². The summed E-state index contributed by atoms with van der Waals surface area (Å²) in [5.41, 5.74) is 3.46. The highest BCUT2D eigenvalue weighted by Crippen LogP contribution is 2.27. The van der Waals surface area contributed by atoms with E-state index in [1.54, 1.807) is 7.11 Å². The predicted molar refractivity (Wildman–Crippen MR) is 110 cm³/mol. The van der Waals surface area contributed by atoms with Gasteiger partial charge in [-0.15, -0.1) is 0 Å². The Morgan fingerprint density at radius 1 is 1.11 bits per heavy atom. The number of carbonyl (C=O) groups excluding carboxylic acids is 1. The number of aryl methyl sites for hydroxylation is 1. The maximum atomic E-state index is 12.3. The minimum atomic E-state index is 0.0949. The zero-order valence-corrected chi connectivity index (χ0v) is 16.2. The summed E-state index contributed by atoms with van der Waals surface area (Å²) in [6, 6.07) is 16.4. The number of hydrogen-bond acceptors (Lipinski definition) is 3. The van der Waals surface area contributed by atoms with Crippen LogP contribution in [0.25, 0.3) is 0 Å². The molecule has 0 aromatic heterocycles. The quantitative estimate of drug-likeness (QED) is 0.676. The number of benzene rings is 2. The van der Waals surface area contributed by atoms with Crippen LogP contribution < -0.4 is 15.4 Å². The summed E-state index contributed by atoms with van der Waals surface area (Å²) >= 11 is 0. The van der Waals surface area contributed by atoms with Crippen LogP contribution in [-0.4, -0.2) is 26.1 Å². The first kappa shape index (κ1) is 19.4. The van der Waals surface area contributed by atoms with Crippen molar-refractivity contribution < 1.29 is 9.53 Å². The molecule has 0 spiro atoms. The Balaban J connectivity index is 1.44. The number of carbonyl (C=O) groups is 1. The third-order valence-electron chi connectivity index (χ3n) is 5.27. The molecule has 0 unspecified atom stereocenters. The fraction of sp³-hybridized carbons (Fsp3) is 0.435. The number of anilines is 1. The Hall–Kier alpha value is -2.33. The highest BCUT2D eigenvalue weighted by Gasteiger charge is 2.15. The summed E-state index contributed by atoms with van der Waals surface area (Å²) in [7, 11) is 1.70. The van der Waals surface area contributed by atoms with E-state index in [9.17, 15) is 4.79 Å². The third-order valence-corrected chi connectivity index (χ3v) is 5.27. The van der Waals surface area contributed by atoms with Crippen LogP contribution >= 0.6 is 0 Å². The summed E-state index contributed by atoms with van der Waals surface area (Å²) in [4.78, 5) is 12.3. The maximum absolute atomic E-state index is 12.3. The number of methoxy groups -OCH3 is 1. The van der Waals surface area contributed by atoms with E-state index in [4.69, 9.17) is 4.74 Å². The molecular formula is C23H30N2O2. The van der Waals surface area contributed by atoms with E-state index < -0.39 is 0 Å². The topological polar surface area (TPSA) is 50.4 Å². The highest BCUT2D eigenvalue weighted by molar-refractivity contribution is 5.90. The molecular weight excluding hydrogens is 336 g/mol. The summed E-state index contributed by atoms with van der Waals surface area (Å²) in [6.45, 7) is 2.15. The molecule has 0 atom stereocenters. The normalized spacial score (nSPS) is 14.7. The molecule has 4 nitrogen and oxygen atoms in total. The number of unbranched alkanes of at least 4 members (excludes halogenated alkanes) is 1. The van der Waals surface area contributed by atoms with Crippen molar-refractivity contribution in [1.82, 2.24) is 5.32 Å². The molecule has 0 saturated carbocycles. The van der Waals surface area contributed by atoms with Gasteiger partial charge in [0.05, 0.1) is 7.11 Å². The van der Waals surface area contributed by atoms with Gasteiger partial charge >= 0.3 is 0 Å². The van der Waals surface area contributed by atoms with Crippen molar-refractivity contribution in [2.75, 3.05) is 25.5 Å². The minimum Gasteiger partial charge on any atom is -0.496 e. The fourth-order valence-corrected chi connectivity index (χ4v) is 3.76. The fourth-order valence-electron chi connectivity index (χ4n) is 3.76. The van der Waals surface area contributed by atoms with Crippen LogP contribution in [0.1, 0.15) is 49.1 Å². The first-order chi connectivity index (χ1) is 13.3. The molecule has 0 radical (unpaired) electrons. The van der Waals surface area contributed by atoms with Gasteiger partial charge in [-0.2, -0.15) is 0 Å². The van der Waals surface area contributed by atoms with E-state index in [0.717, 1.165) is 43.8 Å². The average molecular weight is 367 g/mol. The highest BCUT2D eigenvalue weighted by atomic mass is 16.5. The molecule has 1 aliphatic heterocycles. The van der Waals surface area contributed by atoms with Crippen molar-refractivity contribution in [3.63, 3.8) is 0 Å². The van der Waals surface area contributed by atoms with Crippen molar-refractivity contribution in [3.8, 4) is 5.75 Å². The molecule has 2 aromatic rings. The second kappa shape index (κ2) is 10.1.